The van der Waals surface area contributed by atoms with Crippen LogP contribution in [-0.2, 0) is 14.1 Å². The van der Waals surface area contributed by atoms with Gasteiger partial charge in [-0.25, -0.2) is 9.13 Å². The fourth-order valence-electron chi connectivity index (χ4n) is 0.973. The number of aromatic nitrogens is 2. The second-order valence-corrected chi connectivity index (χ2v) is 2.26. The number of hydrogen-bond acceptors (Lipinski definition) is 2. The van der Waals surface area contributed by atoms with Gasteiger partial charge < -0.3 is 0 Å². The number of aryl methyl sites for hydroxylation is 2. The van der Waals surface area contributed by atoms with Gasteiger partial charge in [-0.2, -0.15) is 10.5 Å². The highest BCUT2D eigenvalue weighted by Gasteiger charge is 2.17. The first-order valence-corrected chi connectivity index (χ1v) is 3.06. The Kier molecular flexibility index (Phi) is 1.61. The van der Waals surface area contributed by atoms with Gasteiger partial charge in [0, 0.05) is 0 Å². The number of rotatable bonds is 0. The predicted octanol–water partition coefficient (Wildman–Crippen LogP) is -0.407. The van der Waals surface area contributed by atoms with E-state index in [1.165, 1.54) is 0 Å². The van der Waals surface area contributed by atoms with Crippen LogP contribution < -0.4 is 4.57 Å². The molecule has 0 aromatic carbocycles. The third-order valence-corrected chi connectivity index (χ3v) is 1.49. The van der Waals surface area contributed by atoms with Gasteiger partial charge in [0.15, 0.2) is 0 Å². The Morgan fingerprint density at radius 1 is 1.45 bits per heavy atom. The lowest BCUT2D eigenvalue weighted by Gasteiger charge is -1.78. The molecule has 0 radical (unpaired) electrons. The van der Waals surface area contributed by atoms with Crippen molar-refractivity contribution in [1.29, 1.82) is 10.5 Å². The second kappa shape index (κ2) is 2.43. The summed E-state index contributed by atoms with van der Waals surface area (Å²) in [5.41, 5.74) is 0.796. The molecule has 0 saturated carbocycles. The molecular weight excluding hydrogens is 140 g/mol. The Morgan fingerprint density at radius 3 is 2.45 bits per heavy atom. The number of nitriles is 2. The number of nitrogens with zero attached hydrogens (tertiary/aromatic N) is 4. The van der Waals surface area contributed by atoms with Crippen LogP contribution in [0.5, 0.6) is 0 Å². The largest absolute Gasteiger partial charge is 0.263 e. The lowest BCUT2D eigenvalue weighted by atomic mass is 10.3. The number of hydrogen-bond donors (Lipinski definition) is 0. The third-order valence-electron chi connectivity index (χ3n) is 1.49. The normalized spacial score (nSPS) is 8.73. The lowest BCUT2D eigenvalue weighted by molar-refractivity contribution is -0.673. The summed E-state index contributed by atoms with van der Waals surface area (Å²) < 4.78 is 3.25. The van der Waals surface area contributed by atoms with Crippen LogP contribution in [0.25, 0.3) is 0 Å². The summed E-state index contributed by atoms with van der Waals surface area (Å²) in [6.45, 7) is 0. The molecule has 0 amide bonds. The Morgan fingerprint density at radius 2 is 2.09 bits per heavy atom. The Labute approximate surface area is 64.5 Å². The molecule has 11 heavy (non-hydrogen) atoms. The molecule has 1 aromatic rings. The maximum Gasteiger partial charge on any atom is 0.263 e. The average Bonchev–Trinajstić information content (AvgIpc) is 2.24. The molecular formula is C7H7N4+. The summed E-state index contributed by atoms with van der Waals surface area (Å²) in [7, 11) is 3.47. The first-order chi connectivity index (χ1) is 5.20. The molecule has 4 heteroatoms. The molecule has 0 spiro atoms. The average molecular weight is 147 g/mol. The van der Waals surface area contributed by atoms with Gasteiger partial charge in [-0.3, -0.25) is 0 Å². The monoisotopic (exact) mass is 147 g/mol. The highest BCUT2D eigenvalue weighted by Crippen LogP contribution is 1.98. The van der Waals surface area contributed by atoms with Gasteiger partial charge in [0.2, 0.25) is 6.33 Å². The van der Waals surface area contributed by atoms with E-state index in [4.69, 9.17) is 10.5 Å². The molecule has 0 aliphatic carbocycles. The molecule has 0 bridgehead atoms. The molecule has 54 valence electrons. The summed E-state index contributed by atoms with van der Waals surface area (Å²) in [4.78, 5) is 0. The second-order valence-electron chi connectivity index (χ2n) is 2.26. The van der Waals surface area contributed by atoms with Crippen molar-refractivity contribution in [2.75, 3.05) is 0 Å². The summed E-state index contributed by atoms with van der Waals surface area (Å²) in [5.74, 6) is 0. The molecule has 0 aliphatic heterocycles. The van der Waals surface area contributed by atoms with Gasteiger partial charge in [0.1, 0.15) is 12.1 Å². The first kappa shape index (κ1) is 7.30. The zero-order chi connectivity index (χ0) is 8.43. The topological polar surface area (TPSA) is 56.4 Å². The highest BCUT2D eigenvalue weighted by molar-refractivity contribution is 5.32. The Balaban J connectivity index is 3.47. The SMILES string of the molecule is Cn1c[n+](C)c(C#N)c1C#N. The third kappa shape index (κ3) is 0.948. The quantitative estimate of drug-likeness (QED) is 0.468. The van der Waals surface area contributed by atoms with E-state index in [2.05, 4.69) is 0 Å². The molecule has 0 atom stereocenters. The van der Waals surface area contributed by atoms with Gasteiger partial charge >= 0.3 is 0 Å². The molecule has 0 N–H and O–H groups in total. The molecule has 1 heterocycles. The van der Waals surface area contributed by atoms with Crippen molar-refractivity contribution >= 4 is 0 Å². The van der Waals surface area contributed by atoms with Crippen molar-refractivity contribution in [2.45, 2.75) is 0 Å². The fraction of sp³-hybridized carbons (Fsp3) is 0.286. The fourth-order valence-corrected chi connectivity index (χ4v) is 0.973. The molecule has 1 aromatic heterocycles. The van der Waals surface area contributed by atoms with Crippen LogP contribution in [0.15, 0.2) is 6.33 Å². The Hall–Kier alpha value is -1.81. The van der Waals surface area contributed by atoms with Gasteiger partial charge in [-0.15, -0.1) is 0 Å². The minimum absolute atomic E-state index is 0.398. The first-order valence-electron chi connectivity index (χ1n) is 3.06. The molecule has 1 rings (SSSR count). The molecule has 0 saturated heterocycles. The lowest BCUT2D eigenvalue weighted by Crippen LogP contribution is -2.28. The van der Waals surface area contributed by atoms with Crippen molar-refractivity contribution in [2.24, 2.45) is 14.1 Å². The maximum atomic E-state index is 8.61. The van der Waals surface area contributed by atoms with E-state index in [1.54, 1.807) is 29.6 Å². The van der Waals surface area contributed by atoms with Crippen molar-refractivity contribution in [3.8, 4) is 12.1 Å². The predicted molar refractivity (Wildman–Crippen MR) is 36.0 cm³/mol. The molecule has 4 nitrogen and oxygen atoms in total. The van der Waals surface area contributed by atoms with Crippen LogP contribution in [0.3, 0.4) is 0 Å². The Bertz CT molecular complexity index is 327. The molecule has 0 aliphatic rings. The van der Waals surface area contributed by atoms with E-state index in [-0.39, 0.29) is 0 Å². The summed E-state index contributed by atoms with van der Waals surface area (Å²) in [6, 6.07) is 3.91. The van der Waals surface area contributed by atoms with Crippen LogP contribution in [-0.4, -0.2) is 4.57 Å². The summed E-state index contributed by atoms with van der Waals surface area (Å²) >= 11 is 0. The maximum absolute atomic E-state index is 8.61. The summed E-state index contributed by atoms with van der Waals surface area (Å²) in [6.07, 6.45) is 1.69. The molecule has 0 unspecified atom stereocenters. The van der Waals surface area contributed by atoms with E-state index in [0.29, 0.717) is 11.4 Å². The van der Waals surface area contributed by atoms with Crippen molar-refractivity contribution in [3.05, 3.63) is 17.7 Å². The minimum Gasteiger partial charge on any atom is -0.223 e. The van der Waals surface area contributed by atoms with Gasteiger partial charge in [-0.05, 0) is 0 Å². The van der Waals surface area contributed by atoms with Crippen LogP contribution >= 0.6 is 0 Å². The van der Waals surface area contributed by atoms with E-state index in [1.807, 2.05) is 12.1 Å². The highest BCUT2D eigenvalue weighted by atomic mass is 15.1. The summed E-state index contributed by atoms with van der Waals surface area (Å²) in [5, 5.41) is 17.2. The van der Waals surface area contributed by atoms with Crippen LogP contribution in [0.4, 0.5) is 0 Å². The zero-order valence-electron chi connectivity index (χ0n) is 6.37. The van der Waals surface area contributed by atoms with E-state index in [9.17, 15) is 0 Å². The van der Waals surface area contributed by atoms with Gasteiger partial charge in [-0.1, -0.05) is 0 Å². The van der Waals surface area contributed by atoms with Crippen LogP contribution in [0.2, 0.25) is 0 Å². The molecule has 0 fully saturated rings. The number of imidazole rings is 1. The van der Waals surface area contributed by atoms with Crippen LogP contribution in [0, 0.1) is 22.7 Å². The zero-order valence-corrected chi connectivity index (χ0v) is 6.37. The van der Waals surface area contributed by atoms with Crippen LogP contribution in [0.1, 0.15) is 11.4 Å². The van der Waals surface area contributed by atoms with E-state index in [0.717, 1.165) is 0 Å². The standard InChI is InChI=1S/C7H7N4/c1-10-5-11(2)7(4-9)6(10)3-8/h5H,1-2H3/q+1. The van der Waals surface area contributed by atoms with E-state index < -0.39 is 0 Å². The van der Waals surface area contributed by atoms with E-state index >= 15 is 0 Å². The van der Waals surface area contributed by atoms with Gasteiger partial charge in [0.25, 0.3) is 11.4 Å². The van der Waals surface area contributed by atoms with Crippen molar-refractivity contribution in [3.63, 3.8) is 0 Å². The smallest absolute Gasteiger partial charge is 0.223 e. The minimum atomic E-state index is 0.398. The van der Waals surface area contributed by atoms with Gasteiger partial charge in [0.05, 0.1) is 14.1 Å². The van der Waals surface area contributed by atoms with Crippen molar-refractivity contribution in [1.82, 2.24) is 4.57 Å². The van der Waals surface area contributed by atoms with Crippen molar-refractivity contribution < 1.29 is 4.57 Å².